The smallest absolute Gasteiger partial charge is 0.460 e. The number of rotatable bonds is 3. The van der Waals surface area contributed by atoms with Crippen LogP contribution in [0.25, 0.3) is 0 Å². The Morgan fingerprint density at radius 1 is 1.44 bits per heavy atom. The molecule has 1 aliphatic rings. The Morgan fingerprint density at radius 2 is 2.06 bits per heavy atom. The van der Waals surface area contributed by atoms with Crippen LogP contribution in [0.4, 0.5) is 0 Å². The van der Waals surface area contributed by atoms with Gasteiger partial charge in [0.15, 0.2) is 6.29 Å². The maximum atomic E-state index is 10.7. The average molecular weight is 254 g/mol. The first kappa shape index (κ1) is 13.6. The van der Waals surface area contributed by atoms with Gasteiger partial charge in [0.25, 0.3) is 0 Å². The van der Waals surface area contributed by atoms with E-state index < -0.39 is 32.3 Å². The van der Waals surface area contributed by atoms with Crippen molar-refractivity contribution in [3.8, 4) is 0 Å². The van der Waals surface area contributed by atoms with Gasteiger partial charge in [0.1, 0.15) is 6.10 Å². The molecule has 0 aromatic heterocycles. The molecule has 0 spiro atoms. The van der Waals surface area contributed by atoms with E-state index >= 15 is 0 Å². The maximum absolute atomic E-state index is 10.7. The van der Waals surface area contributed by atoms with Gasteiger partial charge >= 0.3 is 13.8 Å². The van der Waals surface area contributed by atoms with E-state index in [0.29, 0.717) is 6.42 Å². The molecule has 0 aliphatic carbocycles. The summed E-state index contributed by atoms with van der Waals surface area (Å²) in [5.41, 5.74) is 0. The van der Waals surface area contributed by atoms with Gasteiger partial charge in [-0.05, 0) is 13.3 Å². The van der Waals surface area contributed by atoms with Crippen LogP contribution in [-0.4, -0.2) is 34.3 Å². The minimum absolute atomic E-state index is 0.271. The first-order chi connectivity index (χ1) is 7.28. The molecule has 1 saturated heterocycles. The molecule has 0 radical (unpaired) electrons. The first-order valence-corrected chi connectivity index (χ1v) is 6.37. The van der Waals surface area contributed by atoms with Crippen molar-refractivity contribution in [1.82, 2.24) is 0 Å². The van der Waals surface area contributed by atoms with Crippen LogP contribution in [0.3, 0.4) is 0 Å². The number of carbonyl (C=O) groups is 1. The van der Waals surface area contributed by atoms with Crippen molar-refractivity contribution in [2.24, 2.45) is 0 Å². The molecule has 3 atom stereocenters. The second-order valence-electron chi connectivity index (χ2n) is 3.59. The van der Waals surface area contributed by atoms with E-state index in [4.69, 9.17) is 19.3 Å². The fourth-order valence-electron chi connectivity index (χ4n) is 1.53. The average Bonchev–Trinajstić information content (AvgIpc) is 2.06. The van der Waals surface area contributed by atoms with Gasteiger partial charge in [-0.25, -0.2) is 4.57 Å². The van der Waals surface area contributed by atoms with E-state index in [9.17, 15) is 9.36 Å². The van der Waals surface area contributed by atoms with E-state index in [1.807, 2.05) is 0 Å². The number of esters is 1. The van der Waals surface area contributed by atoms with Crippen LogP contribution in [0.1, 0.15) is 26.7 Å². The largest absolute Gasteiger partial charge is 0.471 e. The van der Waals surface area contributed by atoms with Crippen molar-refractivity contribution in [3.63, 3.8) is 0 Å². The minimum Gasteiger partial charge on any atom is -0.460 e. The van der Waals surface area contributed by atoms with E-state index in [2.05, 4.69) is 4.52 Å². The summed E-state index contributed by atoms with van der Waals surface area (Å²) in [5, 5.41) is 0. The highest BCUT2D eigenvalue weighted by atomic mass is 31.2. The zero-order valence-corrected chi connectivity index (χ0v) is 9.92. The van der Waals surface area contributed by atoms with Crippen molar-refractivity contribution in [2.45, 2.75) is 45.2 Å². The summed E-state index contributed by atoms with van der Waals surface area (Å²) in [6, 6.07) is 0. The molecule has 2 N–H and O–H groups in total. The molecule has 1 aliphatic heterocycles. The summed E-state index contributed by atoms with van der Waals surface area (Å²) >= 11 is 0. The molecule has 1 heterocycles. The third kappa shape index (κ3) is 4.59. The molecular formula is C8H15O7P. The van der Waals surface area contributed by atoms with Gasteiger partial charge in [-0.1, -0.05) is 0 Å². The monoisotopic (exact) mass is 254 g/mol. The Balaban J connectivity index is 2.45. The Hall–Kier alpha value is -0.460. The van der Waals surface area contributed by atoms with Crippen molar-refractivity contribution in [2.75, 3.05) is 0 Å². The zero-order valence-electron chi connectivity index (χ0n) is 9.03. The number of hydrogen-bond acceptors (Lipinski definition) is 5. The molecule has 0 saturated carbocycles. The third-order valence-corrected chi connectivity index (χ3v) is 2.66. The van der Waals surface area contributed by atoms with E-state index in [1.54, 1.807) is 6.92 Å². The van der Waals surface area contributed by atoms with Gasteiger partial charge in [0, 0.05) is 13.3 Å². The van der Waals surface area contributed by atoms with Gasteiger partial charge in [-0.2, -0.15) is 0 Å². The predicted molar refractivity (Wildman–Crippen MR) is 52.3 cm³/mol. The second kappa shape index (κ2) is 5.25. The number of carbonyl (C=O) groups excluding carboxylic acids is 1. The first-order valence-electron chi connectivity index (χ1n) is 4.84. The zero-order chi connectivity index (χ0) is 12.3. The summed E-state index contributed by atoms with van der Waals surface area (Å²) in [5.74, 6) is -0.408. The molecule has 94 valence electrons. The van der Waals surface area contributed by atoms with Crippen molar-refractivity contribution in [1.29, 1.82) is 0 Å². The van der Waals surface area contributed by atoms with Crippen LogP contribution < -0.4 is 0 Å². The van der Waals surface area contributed by atoms with Crippen LogP contribution in [0.5, 0.6) is 0 Å². The Morgan fingerprint density at radius 3 is 2.50 bits per heavy atom. The Bertz CT molecular complexity index is 299. The molecule has 0 unspecified atom stereocenters. The highest BCUT2D eigenvalue weighted by Gasteiger charge is 2.34. The van der Waals surface area contributed by atoms with Gasteiger partial charge in [-0.15, -0.1) is 0 Å². The number of phosphoric acid groups is 1. The number of ether oxygens (including phenoxy) is 2. The van der Waals surface area contributed by atoms with Gasteiger partial charge in [0.2, 0.25) is 0 Å². The van der Waals surface area contributed by atoms with Crippen LogP contribution in [0.15, 0.2) is 0 Å². The predicted octanol–water partition coefficient (Wildman–Crippen LogP) is 0.552. The molecule has 0 amide bonds. The third-order valence-electron chi connectivity index (χ3n) is 2.15. The summed E-state index contributed by atoms with van der Waals surface area (Å²) in [4.78, 5) is 27.9. The van der Waals surface area contributed by atoms with E-state index in [0.717, 1.165) is 0 Å². The van der Waals surface area contributed by atoms with Crippen molar-refractivity contribution < 1.29 is 33.1 Å². The second-order valence-corrected chi connectivity index (χ2v) is 4.78. The molecule has 8 heteroatoms. The van der Waals surface area contributed by atoms with E-state index in [-0.39, 0.29) is 6.42 Å². The van der Waals surface area contributed by atoms with E-state index in [1.165, 1.54) is 6.92 Å². The van der Waals surface area contributed by atoms with Gasteiger partial charge < -0.3 is 19.3 Å². The Kier molecular flexibility index (Phi) is 4.46. The normalized spacial score (nSPS) is 31.1. The molecule has 1 fully saturated rings. The molecule has 16 heavy (non-hydrogen) atoms. The van der Waals surface area contributed by atoms with Crippen LogP contribution in [-0.2, 0) is 23.4 Å². The molecular weight excluding hydrogens is 239 g/mol. The standard InChI is InChI=1S/C8H15O7P/c1-5-7(14-6(2)9)3-4-8(13-5)15-16(10,11)12/h5,7-8H,3-4H2,1-2H3,(H2,10,11,12)/t5-,7+,8-/m0/s1. The lowest BCUT2D eigenvalue weighted by Gasteiger charge is -2.33. The topological polar surface area (TPSA) is 102 Å². The maximum Gasteiger partial charge on any atom is 0.471 e. The number of phosphoric ester groups is 1. The molecule has 7 nitrogen and oxygen atoms in total. The van der Waals surface area contributed by atoms with Crippen LogP contribution in [0, 0.1) is 0 Å². The quantitative estimate of drug-likeness (QED) is 0.560. The fraction of sp³-hybridized carbons (Fsp3) is 0.875. The Labute approximate surface area is 92.9 Å². The lowest BCUT2D eigenvalue weighted by molar-refractivity contribution is -0.200. The van der Waals surface area contributed by atoms with Gasteiger partial charge in [-0.3, -0.25) is 9.32 Å². The minimum atomic E-state index is -4.54. The molecule has 0 aromatic carbocycles. The molecule has 0 aromatic rings. The van der Waals surface area contributed by atoms with Crippen LogP contribution >= 0.6 is 7.82 Å². The molecule has 1 rings (SSSR count). The van der Waals surface area contributed by atoms with Crippen molar-refractivity contribution >= 4 is 13.8 Å². The highest BCUT2D eigenvalue weighted by Crippen LogP contribution is 2.40. The lowest BCUT2D eigenvalue weighted by atomic mass is 10.1. The molecule has 0 bridgehead atoms. The summed E-state index contributed by atoms with van der Waals surface area (Å²) < 4.78 is 25.1. The van der Waals surface area contributed by atoms with Crippen LogP contribution in [0.2, 0.25) is 0 Å². The lowest BCUT2D eigenvalue weighted by Crippen LogP contribution is -2.40. The van der Waals surface area contributed by atoms with Gasteiger partial charge in [0.05, 0.1) is 6.10 Å². The highest BCUT2D eigenvalue weighted by molar-refractivity contribution is 7.46. The SMILES string of the molecule is CC(=O)O[C@@H]1CC[C@H](OP(=O)(O)O)O[C@H]1C. The number of hydrogen-bond donors (Lipinski definition) is 2. The summed E-state index contributed by atoms with van der Waals surface area (Å²) in [6.45, 7) is 2.95. The van der Waals surface area contributed by atoms with Crippen molar-refractivity contribution in [3.05, 3.63) is 0 Å². The summed E-state index contributed by atoms with van der Waals surface area (Å²) in [6.07, 6.45) is -1.08. The summed E-state index contributed by atoms with van der Waals surface area (Å²) in [7, 11) is -4.54. The fourth-order valence-corrected chi connectivity index (χ4v) is 1.99.